The molecule has 9 atom stereocenters. The van der Waals surface area contributed by atoms with E-state index in [1.165, 1.54) is 11.6 Å². The summed E-state index contributed by atoms with van der Waals surface area (Å²) in [7, 11) is -4.26. The van der Waals surface area contributed by atoms with Crippen LogP contribution in [0.25, 0.3) is 11.0 Å². The van der Waals surface area contributed by atoms with Crippen LogP contribution in [-0.2, 0) is 70.4 Å². The number of ether oxygens (including phenoxy) is 5. The minimum Gasteiger partial charge on any atom is -0.479 e. The average Bonchev–Trinajstić information content (AvgIpc) is 4.19. The fraction of sp³-hybridized carbons (Fsp3) is 0.490. The summed E-state index contributed by atoms with van der Waals surface area (Å²) in [5, 5.41) is 67.3. The molecule has 8 rings (SSSR count). The first-order valence-electron chi connectivity index (χ1n) is 25.3. The molecule has 0 spiro atoms. The smallest absolute Gasteiger partial charge is 0.335 e. The van der Waals surface area contributed by atoms with Crippen molar-refractivity contribution >= 4 is 94.3 Å². The van der Waals surface area contributed by atoms with Gasteiger partial charge in [-0.05, 0) is 86.0 Å². The Morgan fingerprint density at radius 2 is 1.57 bits per heavy atom. The number of carbonyl (C=O) groups is 5. The predicted octanol–water partition coefficient (Wildman–Crippen LogP) is 0.980. The Labute approximate surface area is 477 Å². The largest absolute Gasteiger partial charge is 0.479 e. The summed E-state index contributed by atoms with van der Waals surface area (Å²) in [6.07, 6.45) is -4.95. The first kappa shape index (κ1) is 62.1. The number of imide groups is 1. The van der Waals surface area contributed by atoms with Crippen LogP contribution >= 0.6 is 31.9 Å². The van der Waals surface area contributed by atoms with Gasteiger partial charge in [0.15, 0.2) is 6.10 Å². The molecular weight excluding hydrogens is 1200 g/mol. The van der Waals surface area contributed by atoms with E-state index in [1.54, 1.807) is 18.5 Å². The molecule has 80 heavy (non-hydrogen) atoms. The molecule has 0 bridgehead atoms. The number of hydrogen-bond acceptors (Lipinski definition) is 19. The monoisotopic (exact) mass is 1270 g/mol. The van der Waals surface area contributed by atoms with E-state index in [1.807, 2.05) is 33.5 Å². The van der Waals surface area contributed by atoms with E-state index in [-0.39, 0.29) is 125 Å². The van der Waals surface area contributed by atoms with E-state index in [4.69, 9.17) is 38.0 Å². The van der Waals surface area contributed by atoms with Gasteiger partial charge in [0.25, 0.3) is 11.8 Å². The van der Waals surface area contributed by atoms with Gasteiger partial charge in [0.05, 0.1) is 89.4 Å². The number of hydrogen-bond donors (Lipinski definition) is 9. The standard InChI is InChI=1S/C50H60Br2N8O18S.CH3/c51-39-40(52)48(68)60(47(39)67)14-16-74-18-20-75-19-17-73-15-11-37(62)54-12-9-38(63)56-34-21-27(5-8-36(34)77-50-43(66)41(64)42(65)44(78-50)49(69)70)24-58-26-55-45(57-33-7-6-28-3-1-2-4-31(28)33)32-10-13-59(46(32)58)30-22-29(35(61)23-30)25-76-79(53,71)72;/h1-5,8,10,13,21,26,29-30,33,35,41-44,50,61,64-66H,6-7,9,11-12,14-20,22-25H2,(H5,53,54,56,62,63,69,70,71,72);1H3/q;-1/p+1/t29-,30+,33-,35-,41+,42+,43-,44+,50-;/m1./s1. The maximum Gasteiger partial charge on any atom is 0.335 e. The predicted molar refractivity (Wildman–Crippen MR) is 290 cm³/mol. The Bertz CT molecular complexity index is 3020. The number of carboxylic acid groups (broad SMARTS) is 1. The molecule has 2 aromatic heterocycles. The molecular formula is C51H64Br2N8O18S. The number of nitrogens with zero attached hydrogens (tertiary/aromatic N) is 4. The van der Waals surface area contributed by atoms with E-state index in [0.29, 0.717) is 23.4 Å². The SMILES string of the molecule is NS(=O)(=O)OC[C@H]1C[C@H](n2ccc3c(N[C@@H]4CCc5ccccc54)nc[n+](Cc4ccc(O[C@@H]5O[C@H](C(=O)O)[C@@H](O)[C@H](O)[C@H]5O)c(NC(=O)CCNC(=O)CCOCCOCCOCCN5C(=O)C(Br)=C(Br)C5=O)c4)c32)C[C@H]1O.[CH3-]. The first-order chi connectivity index (χ1) is 37.8. The van der Waals surface area contributed by atoms with Gasteiger partial charge < -0.3 is 72.6 Å². The molecule has 1 saturated heterocycles. The van der Waals surface area contributed by atoms with Gasteiger partial charge in [0.1, 0.15) is 38.4 Å². The number of nitrogens with two attached hydrogens (primary N) is 1. The molecule has 4 heterocycles. The molecule has 4 amide bonds. The summed E-state index contributed by atoms with van der Waals surface area (Å²) < 4.78 is 60.1. The van der Waals surface area contributed by atoms with Gasteiger partial charge in [0.2, 0.25) is 35.9 Å². The third kappa shape index (κ3) is 15.3. The molecule has 0 radical (unpaired) electrons. The van der Waals surface area contributed by atoms with E-state index in [9.17, 15) is 57.9 Å². The highest BCUT2D eigenvalue weighted by Gasteiger charge is 2.48. The van der Waals surface area contributed by atoms with Crippen molar-refractivity contribution in [1.82, 2.24) is 19.8 Å². The molecule has 29 heteroatoms. The van der Waals surface area contributed by atoms with Crippen LogP contribution in [0.2, 0.25) is 0 Å². The zero-order chi connectivity index (χ0) is 56.5. The lowest BCUT2D eigenvalue weighted by atomic mass is 9.99. The lowest BCUT2D eigenvalue weighted by Crippen LogP contribution is -2.61. The zero-order valence-electron chi connectivity index (χ0n) is 43.4. The van der Waals surface area contributed by atoms with Crippen LogP contribution in [0.4, 0.5) is 11.5 Å². The van der Waals surface area contributed by atoms with Gasteiger partial charge in [0, 0.05) is 31.7 Å². The second-order valence-electron chi connectivity index (χ2n) is 19.2. The Balaban J connectivity index is 0.00000924. The third-order valence-electron chi connectivity index (χ3n) is 13.8. The number of fused-ring (bicyclic) bond motifs is 2. The number of anilines is 2. The molecule has 4 aliphatic rings. The van der Waals surface area contributed by atoms with E-state index < -0.39 is 82.6 Å². The van der Waals surface area contributed by atoms with Crippen molar-refractivity contribution in [2.75, 3.05) is 70.0 Å². The summed E-state index contributed by atoms with van der Waals surface area (Å²) in [5.41, 5.74) is 3.69. The highest BCUT2D eigenvalue weighted by molar-refractivity contribution is 9.14. The van der Waals surface area contributed by atoms with Crippen LogP contribution in [-0.4, -0.2) is 174 Å². The van der Waals surface area contributed by atoms with Gasteiger partial charge in [-0.2, -0.15) is 8.42 Å². The van der Waals surface area contributed by atoms with Gasteiger partial charge >= 0.3 is 16.3 Å². The number of aryl methyl sites for hydroxylation is 1. The van der Waals surface area contributed by atoms with Gasteiger partial charge in [-0.3, -0.25) is 32.8 Å². The number of amides is 4. The number of carboxylic acids is 1. The second kappa shape index (κ2) is 28.0. The number of aliphatic hydroxyl groups is 4. The van der Waals surface area contributed by atoms with Crippen molar-refractivity contribution in [3.05, 3.63) is 94.1 Å². The van der Waals surface area contributed by atoms with Crippen molar-refractivity contribution in [3.8, 4) is 5.75 Å². The Hall–Kier alpha value is -5.54. The van der Waals surface area contributed by atoms with E-state index in [0.717, 1.165) is 28.7 Å². The number of aliphatic hydroxyl groups excluding tert-OH is 4. The fourth-order valence-electron chi connectivity index (χ4n) is 9.78. The van der Waals surface area contributed by atoms with Crippen LogP contribution in [0.3, 0.4) is 0 Å². The number of aromatic nitrogens is 3. The lowest BCUT2D eigenvalue weighted by Gasteiger charge is -2.38. The zero-order valence-corrected chi connectivity index (χ0v) is 47.3. The highest BCUT2D eigenvalue weighted by Crippen LogP contribution is 2.40. The first-order valence-corrected chi connectivity index (χ1v) is 28.4. The average molecular weight is 1270 g/mol. The molecule has 2 aromatic carbocycles. The number of carbonyl (C=O) groups excluding carboxylic acids is 4. The summed E-state index contributed by atoms with van der Waals surface area (Å²) >= 11 is 6.14. The topological polar surface area (TPSA) is 363 Å². The molecule has 10 N–H and O–H groups in total. The van der Waals surface area contributed by atoms with Crippen molar-refractivity contribution in [1.29, 1.82) is 0 Å². The second-order valence-corrected chi connectivity index (χ2v) is 22.0. The molecule has 0 unspecified atom stereocenters. The summed E-state index contributed by atoms with van der Waals surface area (Å²) in [6, 6.07) is 14.4. The fourth-order valence-corrected chi connectivity index (χ4v) is 10.9. The molecule has 436 valence electrons. The normalized spacial score (nSPS) is 23.8. The van der Waals surface area contributed by atoms with Crippen molar-refractivity contribution < 1.29 is 90.4 Å². The molecule has 26 nitrogen and oxygen atoms in total. The van der Waals surface area contributed by atoms with Crippen LogP contribution in [0.1, 0.15) is 60.9 Å². The van der Waals surface area contributed by atoms with E-state index >= 15 is 0 Å². The lowest BCUT2D eigenvalue weighted by molar-refractivity contribution is -0.668. The number of benzene rings is 2. The minimum absolute atomic E-state index is 0. The summed E-state index contributed by atoms with van der Waals surface area (Å²) in [4.78, 5) is 68.2. The highest BCUT2D eigenvalue weighted by atomic mass is 79.9. The molecule has 2 aliphatic heterocycles. The van der Waals surface area contributed by atoms with Crippen molar-refractivity contribution in [3.63, 3.8) is 0 Å². The van der Waals surface area contributed by atoms with Crippen molar-refractivity contribution in [2.45, 2.75) is 94.0 Å². The number of aliphatic carboxylic acids is 1. The molecule has 2 aliphatic carbocycles. The Kier molecular flexibility index (Phi) is 21.7. The van der Waals surface area contributed by atoms with E-state index in [2.05, 4.69) is 59.9 Å². The third-order valence-corrected chi connectivity index (χ3v) is 16.3. The number of halogens is 2. The number of nitrogens with one attached hydrogen (secondary N) is 3. The van der Waals surface area contributed by atoms with Crippen LogP contribution in [0.5, 0.6) is 5.75 Å². The van der Waals surface area contributed by atoms with Gasteiger partial charge in [-0.25, -0.2) is 14.5 Å². The minimum atomic E-state index is -4.26. The Morgan fingerprint density at radius 3 is 2.29 bits per heavy atom. The maximum atomic E-state index is 13.6. The van der Waals surface area contributed by atoms with Gasteiger partial charge in [-0.15, -0.1) is 0 Å². The van der Waals surface area contributed by atoms with Crippen molar-refractivity contribution in [2.24, 2.45) is 11.1 Å². The Morgan fingerprint density at radius 1 is 0.875 bits per heavy atom. The molecule has 2 fully saturated rings. The quantitative estimate of drug-likeness (QED) is 0.0174. The maximum absolute atomic E-state index is 13.6. The number of rotatable bonds is 27. The molecule has 4 aromatic rings. The van der Waals surface area contributed by atoms with Crippen LogP contribution in [0, 0.1) is 13.3 Å². The van der Waals surface area contributed by atoms with Crippen LogP contribution < -0.4 is 30.4 Å². The summed E-state index contributed by atoms with van der Waals surface area (Å²) in [6.45, 7) is 0.819. The summed E-state index contributed by atoms with van der Waals surface area (Å²) in [5.74, 6) is -3.57. The van der Waals surface area contributed by atoms with Crippen LogP contribution in [0.15, 0.2) is 70.0 Å². The molecule has 1 saturated carbocycles. The van der Waals surface area contributed by atoms with Gasteiger partial charge in [-0.1, -0.05) is 35.3 Å².